The Labute approximate surface area is 118 Å². The van der Waals surface area contributed by atoms with E-state index in [2.05, 4.69) is 11.8 Å². The summed E-state index contributed by atoms with van der Waals surface area (Å²) < 4.78 is 10.5. The van der Waals surface area contributed by atoms with Crippen molar-refractivity contribution in [3.05, 3.63) is 0 Å². The fraction of sp³-hybridized carbons (Fsp3) is 1.00. The molecule has 4 nitrogen and oxygen atoms in total. The molecule has 19 heavy (non-hydrogen) atoms. The second-order valence-corrected chi connectivity index (χ2v) is 5.53. The number of hydrogen-bond acceptors (Lipinski definition) is 4. The third kappa shape index (κ3) is 5.38. The Balaban J connectivity index is 2.30. The molecule has 0 unspecified atom stereocenters. The van der Waals surface area contributed by atoms with Crippen LogP contribution in [0, 0.1) is 0 Å². The first-order valence-electron chi connectivity index (χ1n) is 7.81. The van der Waals surface area contributed by atoms with E-state index in [-0.39, 0.29) is 5.54 Å². The molecule has 0 amide bonds. The molecule has 0 bridgehead atoms. The first-order chi connectivity index (χ1) is 9.29. The standard InChI is InChI=1S/C15H32N2O2/c1-3-17(10-7-11-19-13-12-18-2)15(14-16)8-5-4-6-9-15/h3-14,16H2,1-2H3. The van der Waals surface area contributed by atoms with Crippen LogP contribution in [0.2, 0.25) is 0 Å². The van der Waals surface area contributed by atoms with Crippen LogP contribution in [0.5, 0.6) is 0 Å². The van der Waals surface area contributed by atoms with Gasteiger partial charge in [0, 0.05) is 32.3 Å². The zero-order valence-corrected chi connectivity index (χ0v) is 12.8. The molecular weight excluding hydrogens is 240 g/mol. The minimum atomic E-state index is 0.263. The summed E-state index contributed by atoms with van der Waals surface area (Å²) in [5.74, 6) is 0. The number of nitrogens with zero attached hydrogens (tertiary/aromatic N) is 1. The van der Waals surface area contributed by atoms with Gasteiger partial charge in [-0.25, -0.2) is 0 Å². The van der Waals surface area contributed by atoms with Crippen LogP contribution in [0.15, 0.2) is 0 Å². The lowest BCUT2D eigenvalue weighted by Gasteiger charge is -2.45. The topological polar surface area (TPSA) is 47.7 Å². The van der Waals surface area contributed by atoms with Crippen molar-refractivity contribution < 1.29 is 9.47 Å². The van der Waals surface area contributed by atoms with Crippen molar-refractivity contribution in [1.29, 1.82) is 0 Å². The second kappa shape index (κ2) is 9.70. The van der Waals surface area contributed by atoms with Crippen LogP contribution < -0.4 is 5.73 Å². The van der Waals surface area contributed by atoms with E-state index in [0.717, 1.165) is 32.7 Å². The Morgan fingerprint density at radius 1 is 1.11 bits per heavy atom. The van der Waals surface area contributed by atoms with E-state index in [0.29, 0.717) is 13.2 Å². The van der Waals surface area contributed by atoms with Gasteiger partial charge in [-0.3, -0.25) is 4.90 Å². The van der Waals surface area contributed by atoms with Gasteiger partial charge in [0.25, 0.3) is 0 Å². The molecule has 1 aliphatic carbocycles. The second-order valence-electron chi connectivity index (χ2n) is 5.53. The first-order valence-corrected chi connectivity index (χ1v) is 7.81. The van der Waals surface area contributed by atoms with Crippen molar-refractivity contribution in [1.82, 2.24) is 4.90 Å². The molecule has 1 fully saturated rings. The van der Waals surface area contributed by atoms with Crippen molar-refractivity contribution in [3.63, 3.8) is 0 Å². The van der Waals surface area contributed by atoms with Crippen LogP contribution in [-0.4, -0.2) is 57.0 Å². The largest absolute Gasteiger partial charge is 0.382 e. The van der Waals surface area contributed by atoms with Crippen molar-refractivity contribution in [2.45, 2.75) is 51.0 Å². The number of methoxy groups -OCH3 is 1. The van der Waals surface area contributed by atoms with E-state index in [9.17, 15) is 0 Å². The van der Waals surface area contributed by atoms with E-state index in [1.165, 1.54) is 32.1 Å². The molecule has 0 aromatic rings. The van der Waals surface area contributed by atoms with Gasteiger partial charge in [0.15, 0.2) is 0 Å². The van der Waals surface area contributed by atoms with Gasteiger partial charge in [0.1, 0.15) is 0 Å². The highest BCUT2D eigenvalue weighted by molar-refractivity contribution is 4.93. The quantitative estimate of drug-likeness (QED) is 0.618. The molecule has 0 spiro atoms. The number of nitrogens with two attached hydrogens (primary N) is 1. The molecule has 1 saturated carbocycles. The highest BCUT2D eigenvalue weighted by Gasteiger charge is 2.35. The summed E-state index contributed by atoms with van der Waals surface area (Å²) in [6.45, 7) is 7.44. The number of likely N-dealkylation sites (N-methyl/N-ethyl adjacent to an activating group) is 1. The Morgan fingerprint density at radius 3 is 2.42 bits per heavy atom. The molecule has 1 aliphatic rings. The fourth-order valence-corrected chi connectivity index (χ4v) is 3.19. The monoisotopic (exact) mass is 272 g/mol. The van der Waals surface area contributed by atoms with E-state index in [4.69, 9.17) is 15.2 Å². The predicted molar refractivity (Wildman–Crippen MR) is 79.4 cm³/mol. The molecule has 2 N–H and O–H groups in total. The van der Waals surface area contributed by atoms with Gasteiger partial charge in [-0.1, -0.05) is 26.2 Å². The lowest BCUT2D eigenvalue weighted by atomic mass is 9.80. The smallest absolute Gasteiger partial charge is 0.0700 e. The van der Waals surface area contributed by atoms with Crippen LogP contribution in [0.4, 0.5) is 0 Å². The Morgan fingerprint density at radius 2 is 1.84 bits per heavy atom. The molecule has 0 atom stereocenters. The van der Waals surface area contributed by atoms with E-state index < -0.39 is 0 Å². The van der Waals surface area contributed by atoms with Crippen LogP contribution in [-0.2, 0) is 9.47 Å². The molecule has 1 rings (SSSR count). The van der Waals surface area contributed by atoms with Gasteiger partial charge in [-0.15, -0.1) is 0 Å². The number of ether oxygens (including phenoxy) is 2. The molecule has 0 aromatic heterocycles. The maximum Gasteiger partial charge on any atom is 0.0700 e. The maximum atomic E-state index is 6.10. The van der Waals surface area contributed by atoms with E-state index >= 15 is 0 Å². The van der Waals surface area contributed by atoms with Gasteiger partial charge < -0.3 is 15.2 Å². The van der Waals surface area contributed by atoms with Gasteiger partial charge in [0.05, 0.1) is 13.2 Å². The van der Waals surface area contributed by atoms with E-state index in [1.54, 1.807) is 7.11 Å². The Hall–Kier alpha value is -0.160. The summed E-state index contributed by atoms with van der Waals surface area (Å²) in [5.41, 5.74) is 6.36. The van der Waals surface area contributed by atoms with Crippen molar-refractivity contribution in [2.75, 3.05) is 46.6 Å². The van der Waals surface area contributed by atoms with Gasteiger partial charge in [0.2, 0.25) is 0 Å². The first kappa shape index (κ1) is 16.9. The molecule has 114 valence electrons. The molecule has 0 saturated heterocycles. The average Bonchev–Trinajstić information content (AvgIpc) is 2.47. The zero-order chi connectivity index (χ0) is 14.0. The van der Waals surface area contributed by atoms with Gasteiger partial charge in [-0.05, 0) is 25.8 Å². The molecule has 0 aromatic carbocycles. The molecule has 0 aliphatic heterocycles. The van der Waals surface area contributed by atoms with Crippen LogP contribution >= 0.6 is 0 Å². The summed E-state index contributed by atoms with van der Waals surface area (Å²) in [7, 11) is 1.70. The molecule has 4 heteroatoms. The predicted octanol–water partition coefficient (Wildman–Crippen LogP) is 2.02. The number of hydrogen-bond donors (Lipinski definition) is 1. The minimum Gasteiger partial charge on any atom is -0.382 e. The zero-order valence-electron chi connectivity index (χ0n) is 12.8. The maximum absolute atomic E-state index is 6.10. The Kier molecular flexibility index (Phi) is 8.62. The highest BCUT2D eigenvalue weighted by Crippen LogP contribution is 2.32. The lowest BCUT2D eigenvalue weighted by Crippen LogP contribution is -2.55. The summed E-state index contributed by atoms with van der Waals surface area (Å²) in [6, 6.07) is 0. The summed E-state index contributed by atoms with van der Waals surface area (Å²) in [6.07, 6.45) is 7.65. The molecular formula is C15H32N2O2. The third-order valence-electron chi connectivity index (χ3n) is 4.37. The van der Waals surface area contributed by atoms with Crippen molar-refractivity contribution >= 4 is 0 Å². The third-order valence-corrected chi connectivity index (χ3v) is 4.37. The van der Waals surface area contributed by atoms with Gasteiger partial charge >= 0.3 is 0 Å². The normalized spacial score (nSPS) is 18.9. The lowest BCUT2D eigenvalue weighted by molar-refractivity contribution is 0.0374. The summed E-state index contributed by atoms with van der Waals surface area (Å²) >= 11 is 0. The van der Waals surface area contributed by atoms with E-state index in [1.807, 2.05) is 0 Å². The highest BCUT2D eigenvalue weighted by atomic mass is 16.5. The molecule has 0 heterocycles. The van der Waals surface area contributed by atoms with Crippen molar-refractivity contribution in [2.24, 2.45) is 5.73 Å². The van der Waals surface area contributed by atoms with Crippen LogP contribution in [0.25, 0.3) is 0 Å². The summed E-state index contributed by atoms with van der Waals surface area (Å²) in [4.78, 5) is 2.59. The van der Waals surface area contributed by atoms with Crippen molar-refractivity contribution in [3.8, 4) is 0 Å². The molecule has 0 radical (unpaired) electrons. The fourth-order valence-electron chi connectivity index (χ4n) is 3.19. The van der Waals surface area contributed by atoms with Gasteiger partial charge in [-0.2, -0.15) is 0 Å². The average molecular weight is 272 g/mol. The van der Waals surface area contributed by atoms with Crippen LogP contribution in [0.3, 0.4) is 0 Å². The SMILES string of the molecule is CCN(CCCOCCOC)C1(CN)CCCCC1. The summed E-state index contributed by atoms with van der Waals surface area (Å²) in [5, 5.41) is 0. The van der Waals surface area contributed by atoms with Crippen LogP contribution in [0.1, 0.15) is 45.4 Å². The minimum absolute atomic E-state index is 0.263. The Bertz CT molecular complexity index is 218. The number of rotatable bonds is 10.